The maximum Gasteiger partial charge on any atom is 0.314 e. The molecule has 1 aromatic carbocycles. The molecule has 0 saturated carbocycles. The van der Waals surface area contributed by atoms with Crippen molar-refractivity contribution in [2.45, 2.75) is 51.7 Å². The number of hydrogen-bond donors (Lipinski definition) is 3. The SMILES string of the molecule is CC(C)N1CCC(CCNC(=O)NCC(O)Cc2ccccc2)CC1. The first-order valence-electron chi connectivity index (χ1n) is 9.52. The minimum Gasteiger partial charge on any atom is -0.391 e. The van der Waals surface area contributed by atoms with Crippen LogP contribution in [0.25, 0.3) is 0 Å². The van der Waals surface area contributed by atoms with Gasteiger partial charge in [0.05, 0.1) is 6.10 Å². The summed E-state index contributed by atoms with van der Waals surface area (Å²) in [6.45, 7) is 7.80. The van der Waals surface area contributed by atoms with Gasteiger partial charge in [0.25, 0.3) is 0 Å². The fourth-order valence-corrected chi connectivity index (χ4v) is 3.38. The second-order valence-corrected chi connectivity index (χ2v) is 7.34. The van der Waals surface area contributed by atoms with Crippen molar-refractivity contribution in [3.63, 3.8) is 0 Å². The summed E-state index contributed by atoms with van der Waals surface area (Å²) in [6.07, 6.45) is 3.46. The van der Waals surface area contributed by atoms with E-state index in [9.17, 15) is 9.90 Å². The molecule has 0 aromatic heterocycles. The molecular formula is C20H33N3O2. The lowest BCUT2D eigenvalue weighted by molar-refractivity contribution is 0.145. The normalized spacial score (nSPS) is 17.4. The zero-order valence-electron chi connectivity index (χ0n) is 15.6. The zero-order chi connectivity index (χ0) is 18.1. The van der Waals surface area contributed by atoms with Crippen LogP contribution in [-0.4, -0.2) is 54.4 Å². The molecule has 1 fully saturated rings. The number of urea groups is 1. The second kappa shape index (κ2) is 10.4. The van der Waals surface area contributed by atoms with Crippen LogP contribution in [0.15, 0.2) is 30.3 Å². The summed E-state index contributed by atoms with van der Waals surface area (Å²) in [5.74, 6) is 0.707. The van der Waals surface area contributed by atoms with Gasteiger partial charge in [-0.15, -0.1) is 0 Å². The number of nitrogens with zero attached hydrogens (tertiary/aromatic N) is 1. The number of nitrogens with one attached hydrogen (secondary N) is 2. The van der Waals surface area contributed by atoms with E-state index in [-0.39, 0.29) is 12.6 Å². The summed E-state index contributed by atoms with van der Waals surface area (Å²) in [6, 6.07) is 10.3. The molecule has 1 aliphatic rings. The molecule has 0 spiro atoms. The standard InChI is InChI=1S/C20H33N3O2/c1-16(2)23-12-9-17(10-13-23)8-11-21-20(25)22-15-19(24)14-18-6-4-3-5-7-18/h3-7,16-17,19,24H,8-15H2,1-2H3,(H2,21,22,25). The molecule has 25 heavy (non-hydrogen) atoms. The molecule has 5 heteroatoms. The first-order chi connectivity index (χ1) is 12.0. The van der Waals surface area contributed by atoms with E-state index in [0.29, 0.717) is 24.9 Å². The van der Waals surface area contributed by atoms with E-state index < -0.39 is 6.10 Å². The van der Waals surface area contributed by atoms with Crippen LogP contribution in [0.5, 0.6) is 0 Å². The van der Waals surface area contributed by atoms with Gasteiger partial charge < -0.3 is 20.6 Å². The van der Waals surface area contributed by atoms with Gasteiger partial charge in [0.2, 0.25) is 0 Å². The Morgan fingerprint density at radius 2 is 1.88 bits per heavy atom. The van der Waals surface area contributed by atoms with Gasteiger partial charge in [-0.25, -0.2) is 4.79 Å². The number of piperidine rings is 1. The summed E-state index contributed by atoms with van der Waals surface area (Å²) in [4.78, 5) is 14.4. The number of hydrogen-bond acceptors (Lipinski definition) is 3. The first-order valence-corrected chi connectivity index (χ1v) is 9.52. The van der Waals surface area contributed by atoms with E-state index in [1.165, 1.54) is 25.9 Å². The van der Waals surface area contributed by atoms with Crippen molar-refractivity contribution in [3.8, 4) is 0 Å². The van der Waals surface area contributed by atoms with Crippen LogP contribution in [0.3, 0.4) is 0 Å². The Kier molecular flexibility index (Phi) is 8.22. The molecule has 1 atom stereocenters. The predicted octanol–water partition coefficient (Wildman–Crippen LogP) is 2.40. The highest BCUT2D eigenvalue weighted by molar-refractivity contribution is 5.73. The number of rotatable bonds is 8. The van der Waals surface area contributed by atoms with Gasteiger partial charge in [-0.2, -0.15) is 0 Å². The van der Waals surface area contributed by atoms with Crippen LogP contribution in [0, 0.1) is 5.92 Å². The Hall–Kier alpha value is -1.59. The first kappa shape index (κ1) is 19.7. The Bertz CT molecular complexity index is 499. The number of carbonyl (C=O) groups excluding carboxylic acids is 1. The third-order valence-corrected chi connectivity index (χ3v) is 5.03. The van der Waals surface area contributed by atoms with E-state index in [1.807, 2.05) is 30.3 Å². The number of amides is 2. The third kappa shape index (κ3) is 7.45. The Balaban J connectivity index is 1.54. The van der Waals surface area contributed by atoms with E-state index in [4.69, 9.17) is 0 Å². The minimum absolute atomic E-state index is 0.188. The third-order valence-electron chi connectivity index (χ3n) is 5.03. The lowest BCUT2D eigenvalue weighted by Crippen LogP contribution is -2.42. The Labute approximate surface area is 151 Å². The van der Waals surface area contributed by atoms with E-state index in [0.717, 1.165) is 12.0 Å². The molecule has 3 N–H and O–H groups in total. The van der Waals surface area contributed by atoms with E-state index in [2.05, 4.69) is 29.4 Å². The number of carbonyl (C=O) groups is 1. The highest BCUT2D eigenvalue weighted by Gasteiger charge is 2.20. The number of benzene rings is 1. The van der Waals surface area contributed by atoms with E-state index >= 15 is 0 Å². The molecule has 2 amide bonds. The maximum absolute atomic E-state index is 11.8. The Morgan fingerprint density at radius 3 is 2.52 bits per heavy atom. The van der Waals surface area contributed by atoms with Gasteiger partial charge in [-0.3, -0.25) is 0 Å². The molecule has 0 aliphatic carbocycles. The van der Waals surface area contributed by atoms with E-state index in [1.54, 1.807) is 0 Å². The van der Waals surface area contributed by atoms with Gasteiger partial charge in [0, 0.05) is 25.6 Å². The quantitative estimate of drug-likeness (QED) is 0.677. The molecule has 1 aliphatic heterocycles. The number of aliphatic hydroxyl groups excluding tert-OH is 1. The fraction of sp³-hybridized carbons (Fsp3) is 0.650. The van der Waals surface area contributed by atoms with Crippen molar-refractivity contribution in [1.82, 2.24) is 15.5 Å². The van der Waals surface area contributed by atoms with Crippen molar-refractivity contribution >= 4 is 6.03 Å². The molecule has 140 valence electrons. The molecule has 5 nitrogen and oxygen atoms in total. The average molecular weight is 348 g/mol. The van der Waals surface area contributed by atoms with Gasteiger partial charge in [0.1, 0.15) is 0 Å². The maximum atomic E-state index is 11.8. The zero-order valence-corrected chi connectivity index (χ0v) is 15.6. The lowest BCUT2D eigenvalue weighted by atomic mass is 9.93. The number of likely N-dealkylation sites (tertiary alicyclic amines) is 1. The second-order valence-electron chi connectivity index (χ2n) is 7.34. The van der Waals surface area contributed by atoms with Crippen molar-refractivity contribution < 1.29 is 9.90 Å². The smallest absolute Gasteiger partial charge is 0.314 e. The fourth-order valence-electron chi connectivity index (χ4n) is 3.38. The van der Waals surface area contributed by atoms with Gasteiger partial charge in [-0.1, -0.05) is 30.3 Å². The van der Waals surface area contributed by atoms with Crippen LogP contribution in [-0.2, 0) is 6.42 Å². The van der Waals surface area contributed by atoms with Gasteiger partial charge >= 0.3 is 6.03 Å². The monoisotopic (exact) mass is 347 g/mol. The molecule has 0 bridgehead atoms. The lowest BCUT2D eigenvalue weighted by Gasteiger charge is -2.34. The van der Waals surface area contributed by atoms with Crippen molar-refractivity contribution in [1.29, 1.82) is 0 Å². The predicted molar refractivity (Wildman–Crippen MR) is 102 cm³/mol. The molecule has 2 rings (SSSR count). The minimum atomic E-state index is -0.562. The van der Waals surface area contributed by atoms with Gasteiger partial charge in [-0.05, 0) is 57.7 Å². The topological polar surface area (TPSA) is 64.6 Å². The molecule has 1 aromatic rings. The van der Waals surface area contributed by atoms with Crippen LogP contribution in [0.2, 0.25) is 0 Å². The van der Waals surface area contributed by atoms with Crippen molar-refractivity contribution in [2.75, 3.05) is 26.2 Å². The summed E-state index contributed by atoms with van der Waals surface area (Å²) in [5, 5.41) is 15.7. The Morgan fingerprint density at radius 1 is 1.20 bits per heavy atom. The average Bonchev–Trinajstić information content (AvgIpc) is 2.61. The highest BCUT2D eigenvalue weighted by atomic mass is 16.3. The number of aliphatic hydroxyl groups is 1. The molecule has 0 radical (unpaired) electrons. The van der Waals surface area contributed by atoms with Crippen LogP contribution < -0.4 is 10.6 Å². The summed E-state index contributed by atoms with van der Waals surface area (Å²) >= 11 is 0. The molecular weight excluding hydrogens is 314 g/mol. The summed E-state index contributed by atoms with van der Waals surface area (Å²) in [5.41, 5.74) is 1.07. The summed E-state index contributed by atoms with van der Waals surface area (Å²) < 4.78 is 0. The molecule has 1 unspecified atom stereocenters. The molecule has 1 heterocycles. The van der Waals surface area contributed by atoms with Crippen LogP contribution in [0.4, 0.5) is 4.79 Å². The van der Waals surface area contributed by atoms with Crippen molar-refractivity contribution in [3.05, 3.63) is 35.9 Å². The van der Waals surface area contributed by atoms with Crippen molar-refractivity contribution in [2.24, 2.45) is 5.92 Å². The van der Waals surface area contributed by atoms with Crippen LogP contribution in [0.1, 0.15) is 38.7 Å². The van der Waals surface area contributed by atoms with Gasteiger partial charge in [0.15, 0.2) is 0 Å². The largest absolute Gasteiger partial charge is 0.391 e. The summed E-state index contributed by atoms with van der Waals surface area (Å²) in [7, 11) is 0. The molecule has 1 saturated heterocycles. The highest BCUT2D eigenvalue weighted by Crippen LogP contribution is 2.21. The van der Waals surface area contributed by atoms with Crippen LogP contribution >= 0.6 is 0 Å².